The quantitative estimate of drug-likeness (QED) is 0.763. The van der Waals surface area contributed by atoms with Crippen molar-refractivity contribution in [3.05, 3.63) is 29.1 Å². The summed E-state index contributed by atoms with van der Waals surface area (Å²) in [5.41, 5.74) is 4.06. The Hall–Kier alpha value is -2.61. The lowest BCUT2D eigenvalue weighted by Crippen LogP contribution is -2.27. The molecule has 4 rings (SSSR count). The number of nitrogens with zero attached hydrogens (tertiary/aromatic N) is 4. The second-order valence-electron chi connectivity index (χ2n) is 7.71. The van der Waals surface area contributed by atoms with Crippen LogP contribution in [0.15, 0.2) is 12.3 Å². The number of aryl methyl sites for hydroxylation is 1. The molecule has 1 amide bonds. The molecule has 0 spiro atoms. The van der Waals surface area contributed by atoms with Crippen LogP contribution in [-0.4, -0.2) is 65.6 Å². The van der Waals surface area contributed by atoms with Gasteiger partial charge in [-0.2, -0.15) is 0 Å². The first-order valence-corrected chi connectivity index (χ1v) is 10.1. The van der Waals surface area contributed by atoms with E-state index in [1.165, 1.54) is 0 Å². The van der Waals surface area contributed by atoms with Crippen molar-refractivity contribution in [1.29, 1.82) is 0 Å². The molecule has 0 saturated carbocycles. The number of rotatable bonds is 5. The third-order valence-corrected chi connectivity index (χ3v) is 5.67. The van der Waals surface area contributed by atoms with Crippen molar-refractivity contribution in [1.82, 2.24) is 19.7 Å². The Morgan fingerprint density at radius 3 is 2.86 bits per heavy atom. The highest BCUT2D eigenvalue weighted by molar-refractivity contribution is 5.73. The first-order chi connectivity index (χ1) is 14.1. The molecule has 2 aromatic heterocycles. The SMILES string of the molecule is COc1ncc(-n2nc(OCC3CCN(C(C)=O)C3)c3c2CCOCC3)cc1C. The van der Waals surface area contributed by atoms with Gasteiger partial charge in [-0.15, -0.1) is 5.10 Å². The van der Waals surface area contributed by atoms with Gasteiger partial charge in [0.15, 0.2) is 0 Å². The molecule has 29 heavy (non-hydrogen) atoms. The summed E-state index contributed by atoms with van der Waals surface area (Å²) in [7, 11) is 1.62. The normalized spacial score (nSPS) is 19.0. The summed E-state index contributed by atoms with van der Waals surface area (Å²) in [4.78, 5) is 17.8. The highest BCUT2D eigenvalue weighted by Crippen LogP contribution is 2.29. The lowest BCUT2D eigenvalue weighted by Gasteiger charge is -2.14. The van der Waals surface area contributed by atoms with E-state index in [1.54, 1.807) is 20.2 Å². The maximum atomic E-state index is 11.6. The van der Waals surface area contributed by atoms with Gasteiger partial charge in [-0.05, 0) is 19.4 Å². The van der Waals surface area contributed by atoms with Gasteiger partial charge in [-0.1, -0.05) is 0 Å². The fourth-order valence-electron chi connectivity index (χ4n) is 4.07. The Balaban J connectivity index is 1.58. The molecule has 2 aromatic rings. The molecular weight excluding hydrogens is 372 g/mol. The van der Waals surface area contributed by atoms with E-state index in [-0.39, 0.29) is 5.91 Å². The Morgan fingerprint density at radius 2 is 2.14 bits per heavy atom. The fourth-order valence-corrected chi connectivity index (χ4v) is 4.07. The average molecular weight is 400 g/mol. The second kappa shape index (κ2) is 8.41. The predicted molar refractivity (Wildman–Crippen MR) is 107 cm³/mol. The van der Waals surface area contributed by atoms with Gasteiger partial charge in [0.05, 0.1) is 44.5 Å². The van der Waals surface area contributed by atoms with Gasteiger partial charge >= 0.3 is 0 Å². The second-order valence-corrected chi connectivity index (χ2v) is 7.71. The molecule has 1 fully saturated rings. The first kappa shape index (κ1) is 19.7. The number of carbonyl (C=O) groups is 1. The standard InChI is InChI=1S/C21H28N4O4/c1-14-10-17(11-22-20(14)27-3)25-19-6-9-28-8-5-18(19)21(23-25)29-13-16-4-7-24(12-16)15(2)26/h10-11,16H,4-9,12-13H2,1-3H3. The number of ether oxygens (including phenoxy) is 3. The Morgan fingerprint density at radius 1 is 1.31 bits per heavy atom. The van der Waals surface area contributed by atoms with Gasteiger partial charge < -0.3 is 19.1 Å². The summed E-state index contributed by atoms with van der Waals surface area (Å²) in [5, 5.41) is 4.79. The zero-order valence-electron chi connectivity index (χ0n) is 17.3. The number of likely N-dealkylation sites (tertiary alicyclic amines) is 1. The molecule has 0 bridgehead atoms. The van der Waals surface area contributed by atoms with E-state index in [0.29, 0.717) is 37.5 Å². The molecule has 1 unspecified atom stereocenters. The largest absolute Gasteiger partial charge is 0.481 e. The van der Waals surface area contributed by atoms with Gasteiger partial charge in [0, 0.05) is 49.9 Å². The molecule has 8 heteroatoms. The molecule has 2 aliphatic rings. The van der Waals surface area contributed by atoms with Crippen LogP contribution in [0.5, 0.6) is 11.8 Å². The minimum atomic E-state index is 0.130. The molecule has 156 valence electrons. The van der Waals surface area contributed by atoms with E-state index in [0.717, 1.165) is 54.9 Å². The first-order valence-electron chi connectivity index (χ1n) is 10.1. The third-order valence-electron chi connectivity index (χ3n) is 5.67. The number of aromatic nitrogens is 3. The van der Waals surface area contributed by atoms with E-state index < -0.39 is 0 Å². The van der Waals surface area contributed by atoms with Crippen LogP contribution in [0.4, 0.5) is 0 Å². The van der Waals surface area contributed by atoms with E-state index in [1.807, 2.05) is 22.6 Å². The van der Waals surface area contributed by atoms with Gasteiger partial charge in [0.2, 0.25) is 17.7 Å². The zero-order chi connectivity index (χ0) is 20.4. The van der Waals surface area contributed by atoms with E-state index in [2.05, 4.69) is 4.98 Å². The lowest BCUT2D eigenvalue weighted by atomic mass is 10.1. The summed E-state index contributed by atoms with van der Waals surface area (Å²) < 4.78 is 19.1. The van der Waals surface area contributed by atoms with Crippen LogP contribution < -0.4 is 9.47 Å². The number of methoxy groups -OCH3 is 1. The number of amides is 1. The van der Waals surface area contributed by atoms with Crippen molar-refractivity contribution >= 4 is 5.91 Å². The van der Waals surface area contributed by atoms with Crippen molar-refractivity contribution in [2.45, 2.75) is 33.1 Å². The summed E-state index contributed by atoms with van der Waals surface area (Å²) in [6.45, 7) is 7.04. The number of pyridine rings is 1. The molecule has 1 atom stereocenters. The highest BCUT2D eigenvalue weighted by Gasteiger charge is 2.27. The topological polar surface area (TPSA) is 78.7 Å². The lowest BCUT2D eigenvalue weighted by molar-refractivity contribution is -0.127. The van der Waals surface area contributed by atoms with E-state index in [4.69, 9.17) is 19.3 Å². The van der Waals surface area contributed by atoms with Crippen molar-refractivity contribution in [3.63, 3.8) is 0 Å². The van der Waals surface area contributed by atoms with Crippen LogP contribution in [0.3, 0.4) is 0 Å². The molecule has 0 N–H and O–H groups in total. The number of fused-ring (bicyclic) bond motifs is 1. The van der Waals surface area contributed by atoms with Crippen LogP contribution in [0, 0.1) is 12.8 Å². The van der Waals surface area contributed by atoms with Gasteiger partial charge in [-0.25, -0.2) is 9.67 Å². The number of hydrogen-bond donors (Lipinski definition) is 0. The fraction of sp³-hybridized carbons (Fsp3) is 0.571. The molecule has 4 heterocycles. The van der Waals surface area contributed by atoms with Gasteiger partial charge in [0.25, 0.3) is 0 Å². The van der Waals surface area contributed by atoms with Crippen LogP contribution >= 0.6 is 0 Å². The minimum absolute atomic E-state index is 0.130. The third kappa shape index (κ3) is 4.07. The predicted octanol–water partition coefficient (Wildman–Crippen LogP) is 1.95. The molecule has 0 aliphatic carbocycles. The zero-order valence-corrected chi connectivity index (χ0v) is 17.3. The Kier molecular flexibility index (Phi) is 5.71. The molecular formula is C21H28N4O4. The Labute approximate surface area is 170 Å². The maximum absolute atomic E-state index is 11.6. The summed E-state index contributed by atoms with van der Waals surface area (Å²) >= 11 is 0. The van der Waals surface area contributed by atoms with E-state index >= 15 is 0 Å². The Bertz CT molecular complexity index is 895. The van der Waals surface area contributed by atoms with E-state index in [9.17, 15) is 4.79 Å². The van der Waals surface area contributed by atoms with Gasteiger partial charge in [0.1, 0.15) is 0 Å². The van der Waals surface area contributed by atoms with Crippen LogP contribution in [0.25, 0.3) is 5.69 Å². The van der Waals surface area contributed by atoms with Crippen molar-refractivity contribution < 1.29 is 19.0 Å². The average Bonchev–Trinajstić information content (AvgIpc) is 3.24. The van der Waals surface area contributed by atoms with Gasteiger partial charge in [-0.3, -0.25) is 4.79 Å². The molecule has 2 aliphatic heterocycles. The highest BCUT2D eigenvalue weighted by atomic mass is 16.5. The summed E-state index contributed by atoms with van der Waals surface area (Å²) in [6.07, 6.45) is 4.29. The number of hydrogen-bond acceptors (Lipinski definition) is 6. The van der Waals surface area contributed by atoms with Crippen LogP contribution in [-0.2, 0) is 22.4 Å². The minimum Gasteiger partial charge on any atom is -0.481 e. The van der Waals surface area contributed by atoms with Crippen molar-refractivity contribution in [2.24, 2.45) is 5.92 Å². The molecule has 8 nitrogen and oxygen atoms in total. The van der Waals surface area contributed by atoms with Crippen molar-refractivity contribution in [2.75, 3.05) is 40.0 Å². The summed E-state index contributed by atoms with van der Waals surface area (Å²) in [5.74, 6) is 1.75. The maximum Gasteiger partial charge on any atom is 0.236 e. The molecule has 0 radical (unpaired) electrons. The monoisotopic (exact) mass is 400 g/mol. The molecule has 0 aromatic carbocycles. The van der Waals surface area contributed by atoms with Crippen LogP contribution in [0.2, 0.25) is 0 Å². The van der Waals surface area contributed by atoms with Crippen molar-refractivity contribution in [3.8, 4) is 17.4 Å². The number of carbonyl (C=O) groups excluding carboxylic acids is 1. The molecule has 1 saturated heterocycles. The van der Waals surface area contributed by atoms with Crippen LogP contribution in [0.1, 0.15) is 30.2 Å². The summed E-state index contributed by atoms with van der Waals surface area (Å²) in [6, 6.07) is 2.02. The smallest absolute Gasteiger partial charge is 0.236 e.